The van der Waals surface area contributed by atoms with Gasteiger partial charge >= 0.3 is 0 Å². The minimum atomic E-state index is -4.19. The van der Waals surface area contributed by atoms with Crippen LogP contribution in [0.2, 0.25) is 0 Å². The molecule has 0 saturated carbocycles. The Hall–Kier alpha value is -3.98. The Morgan fingerprint density at radius 3 is 2.21 bits per heavy atom. The van der Waals surface area contributed by atoms with Crippen LogP contribution < -0.4 is 5.32 Å². The van der Waals surface area contributed by atoms with Gasteiger partial charge in [-0.15, -0.1) is 0 Å². The second kappa shape index (κ2) is 11.2. The molecule has 1 atom stereocenters. The highest BCUT2D eigenvalue weighted by molar-refractivity contribution is 7.90. The molecule has 8 nitrogen and oxygen atoms in total. The number of carbonyl (C=O) groups is 3. The third-order valence-corrected chi connectivity index (χ3v) is 8.28. The summed E-state index contributed by atoms with van der Waals surface area (Å²) < 4.78 is 26.9. The van der Waals surface area contributed by atoms with Gasteiger partial charge in [-0.05, 0) is 49.6 Å². The lowest BCUT2D eigenvalue weighted by molar-refractivity contribution is -0.141. The van der Waals surface area contributed by atoms with Crippen LogP contribution in [0.25, 0.3) is 0 Å². The summed E-state index contributed by atoms with van der Waals surface area (Å²) in [6.07, 6.45) is 0.220. The number of hydrogen-bond donors (Lipinski definition) is 1. The number of benzene rings is 3. The van der Waals surface area contributed by atoms with Crippen molar-refractivity contribution in [3.63, 3.8) is 0 Å². The summed E-state index contributed by atoms with van der Waals surface area (Å²) >= 11 is 0. The summed E-state index contributed by atoms with van der Waals surface area (Å²) in [5, 5.41) is 2.90. The number of amides is 3. The minimum Gasteiger partial charge on any atom is -0.352 e. The first-order chi connectivity index (χ1) is 18.1. The summed E-state index contributed by atoms with van der Waals surface area (Å²) in [6, 6.07) is 21.6. The first kappa shape index (κ1) is 27.1. The number of nitrogens with zero attached hydrogens (tertiary/aromatic N) is 2. The van der Waals surface area contributed by atoms with Crippen molar-refractivity contribution < 1.29 is 22.8 Å². The average molecular weight is 534 g/mol. The quantitative estimate of drug-likeness (QED) is 0.455. The SMILES string of the molecule is Cc1ccccc1CN(C(=O)CN1C(=O)c2ccccc2S1(=O)=O)C(Cc1ccccc1)C(=O)NC(C)C. The van der Waals surface area contributed by atoms with Gasteiger partial charge in [-0.2, -0.15) is 0 Å². The fourth-order valence-electron chi connectivity index (χ4n) is 4.51. The van der Waals surface area contributed by atoms with Crippen LogP contribution >= 0.6 is 0 Å². The van der Waals surface area contributed by atoms with Crippen molar-refractivity contribution in [2.45, 2.75) is 50.7 Å². The van der Waals surface area contributed by atoms with Gasteiger partial charge in [0.15, 0.2) is 0 Å². The van der Waals surface area contributed by atoms with Crippen LogP contribution in [0, 0.1) is 6.92 Å². The van der Waals surface area contributed by atoms with Gasteiger partial charge in [-0.1, -0.05) is 66.7 Å². The molecule has 9 heteroatoms. The topological polar surface area (TPSA) is 104 Å². The molecule has 0 aliphatic carbocycles. The number of sulfonamides is 1. The van der Waals surface area contributed by atoms with Gasteiger partial charge < -0.3 is 10.2 Å². The zero-order valence-corrected chi connectivity index (χ0v) is 22.4. The Morgan fingerprint density at radius 2 is 1.55 bits per heavy atom. The predicted molar refractivity (Wildman–Crippen MR) is 144 cm³/mol. The molecule has 198 valence electrons. The molecule has 1 heterocycles. The molecular formula is C29H31N3O5S. The summed E-state index contributed by atoms with van der Waals surface area (Å²) in [4.78, 5) is 41.7. The largest absolute Gasteiger partial charge is 0.352 e. The van der Waals surface area contributed by atoms with Gasteiger partial charge in [0.1, 0.15) is 17.5 Å². The van der Waals surface area contributed by atoms with E-state index < -0.39 is 34.4 Å². The molecule has 3 aromatic carbocycles. The van der Waals surface area contributed by atoms with Crippen LogP contribution in [0.4, 0.5) is 0 Å². The summed E-state index contributed by atoms with van der Waals surface area (Å²) in [5.74, 6) is -1.75. The second-order valence-corrected chi connectivity index (χ2v) is 11.5. The Bertz CT molecular complexity index is 1450. The van der Waals surface area contributed by atoms with Crippen molar-refractivity contribution in [3.05, 3.63) is 101 Å². The second-order valence-electron chi connectivity index (χ2n) is 9.63. The summed E-state index contributed by atoms with van der Waals surface area (Å²) in [7, 11) is -4.19. The molecule has 1 unspecified atom stereocenters. The van der Waals surface area contributed by atoms with Gasteiger partial charge in [-0.3, -0.25) is 14.4 Å². The molecular weight excluding hydrogens is 502 g/mol. The molecule has 38 heavy (non-hydrogen) atoms. The number of fused-ring (bicyclic) bond motifs is 1. The van der Waals surface area contributed by atoms with Gasteiger partial charge in [0, 0.05) is 19.0 Å². The van der Waals surface area contributed by atoms with Crippen molar-refractivity contribution in [3.8, 4) is 0 Å². The van der Waals surface area contributed by atoms with E-state index in [0.29, 0.717) is 4.31 Å². The minimum absolute atomic E-state index is 0.0316. The molecule has 0 radical (unpaired) electrons. The lowest BCUT2D eigenvalue weighted by Gasteiger charge is -2.33. The van der Waals surface area contributed by atoms with Crippen molar-refractivity contribution in [2.24, 2.45) is 0 Å². The fraction of sp³-hybridized carbons (Fsp3) is 0.276. The number of carbonyl (C=O) groups excluding carboxylic acids is 3. The predicted octanol–water partition coefficient (Wildman–Crippen LogP) is 3.30. The molecule has 4 rings (SSSR count). The van der Waals surface area contributed by atoms with Crippen LogP contribution in [0.15, 0.2) is 83.8 Å². The zero-order valence-electron chi connectivity index (χ0n) is 21.6. The van der Waals surface area contributed by atoms with Crippen LogP contribution in [-0.4, -0.2) is 54.0 Å². The molecule has 0 aromatic heterocycles. The highest BCUT2D eigenvalue weighted by Gasteiger charge is 2.43. The van der Waals surface area contributed by atoms with Crippen molar-refractivity contribution in [1.29, 1.82) is 0 Å². The molecule has 0 spiro atoms. The Balaban J connectivity index is 1.73. The van der Waals surface area contributed by atoms with Crippen LogP contribution in [-0.2, 0) is 32.6 Å². The number of nitrogens with one attached hydrogen (secondary N) is 1. The van der Waals surface area contributed by atoms with Crippen molar-refractivity contribution >= 4 is 27.7 Å². The number of rotatable bonds is 9. The van der Waals surface area contributed by atoms with E-state index in [-0.39, 0.29) is 35.4 Å². The van der Waals surface area contributed by atoms with E-state index in [9.17, 15) is 22.8 Å². The average Bonchev–Trinajstić information content (AvgIpc) is 3.08. The first-order valence-electron chi connectivity index (χ1n) is 12.4. The van der Waals surface area contributed by atoms with Gasteiger partial charge in [0.05, 0.1) is 5.56 Å². The Kier molecular flexibility index (Phi) is 7.97. The Labute approximate surface area is 223 Å². The smallest absolute Gasteiger partial charge is 0.269 e. The van der Waals surface area contributed by atoms with E-state index in [4.69, 9.17) is 0 Å². The maximum absolute atomic E-state index is 13.9. The molecule has 0 fully saturated rings. The van der Waals surface area contributed by atoms with E-state index in [0.717, 1.165) is 16.7 Å². The molecule has 1 aliphatic heterocycles. The van der Waals surface area contributed by atoms with E-state index in [1.165, 1.54) is 23.1 Å². The third kappa shape index (κ3) is 5.62. The molecule has 1 aliphatic rings. The summed E-state index contributed by atoms with van der Waals surface area (Å²) in [6.45, 7) is 4.93. The molecule has 0 bridgehead atoms. The molecule has 1 N–H and O–H groups in total. The maximum atomic E-state index is 13.9. The monoisotopic (exact) mass is 533 g/mol. The van der Waals surface area contributed by atoms with E-state index in [2.05, 4.69) is 5.32 Å². The van der Waals surface area contributed by atoms with Gasteiger partial charge in [-0.25, -0.2) is 12.7 Å². The number of aryl methyl sites for hydroxylation is 1. The van der Waals surface area contributed by atoms with Crippen LogP contribution in [0.5, 0.6) is 0 Å². The normalized spacial score (nSPS) is 14.7. The van der Waals surface area contributed by atoms with Crippen molar-refractivity contribution in [1.82, 2.24) is 14.5 Å². The van der Waals surface area contributed by atoms with Gasteiger partial charge in [0.25, 0.3) is 15.9 Å². The number of hydrogen-bond acceptors (Lipinski definition) is 5. The molecule has 0 saturated heterocycles. The van der Waals surface area contributed by atoms with Crippen LogP contribution in [0.1, 0.15) is 40.9 Å². The lowest BCUT2D eigenvalue weighted by atomic mass is 10.0. The van der Waals surface area contributed by atoms with E-state index >= 15 is 0 Å². The highest BCUT2D eigenvalue weighted by atomic mass is 32.2. The van der Waals surface area contributed by atoms with E-state index in [1.807, 2.05) is 75.4 Å². The maximum Gasteiger partial charge on any atom is 0.269 e. The van der Waals surface area contributed by atoms with E-state index in [1.54, 1.807) is 6.07 Å². The zero-order chi connectivity index (χ0) is 27.4. The Morgan fingerprint density at radius 1 is 0.921 bits per heavy atom. The van der Waals surface area contributed by atoms with Crippen LogP contribution in [0.3, 0.4) is 0 Å². The standard InChI is InChI=1S/C29H31N3O5S/c1-20(2)30-28(34)25(17-22-12-5-4-6-13-22)31(18-23-14-8-7-11-21(23)3)27(33)19-32-29(35)24-15-9-10-16-26(24)38(32,36)37/h4-16,20,25H,17-19H2,1-3H3,(H,30,34). The van der Waals surface area contributed by atoms with Gasteiger partial charge in [0.2, 0.25) is 11.8 Å². The lowest BCUT2D eigenvalue weighted by Crippen LogP contribution is -2.54. The molecule has 3 amide bonds. The van der Waals surface area contributed by atoms with Crippen molar-refractivity contribution in [2.75, 3.05) is 6.54 Å². The fourth-order valence-corrected chi connectivity index (χ4v) is 6.02. The highest BCUT2D eigenvalue weighted by Crippen LogP contribution is 2.30. The first-order valence-corrected chi connectivity index (χ1v) is 13.9. The summed E-state index contributed by atoms with van der Waals surface area (Å²) in [5.41, 5.74) is 2.61. The molecule has 3 aromatic rings. The third-order valence-electron chi connectivity index (χ3n) is 6.49.